The predicted molar refractivity (Wildman–Crippen MR) is 59.8 cm³/mol. The van der Waals surface area contributed by atoms with Gasteiger partial charge in [-0.05, 0) is 26.2 Å². The Morgan fingerprint density at radius 1 is 1.50 bits per heavy atom. The molecule has 5 nitrogen and oxygen atoms in total. The molecule has 1 saturated heterocycles. The Hall–Kier alpha value is -1.10. The third-order valence-corrected chi connectivity index (χ3v) is 3.13. The van der Waals surface area contributed by atoms with Crippen LogP contribution in [0, 0.1) is 11.3 Å². The number of likely N-dealkylation sites (tertiary alicyclic amines) is 1. The van der Waals surface area contributed by atoms with E-state index in [0.717, 1.165) is 6.42 Å². The fourth-order valence-corrected chi connectivity index (χ4v) is 1.95. The molecule has 1 aliphatic heterocycles. The van der Waals surface area contributed by atoms with E-state index in [-0.39, 0.29) is 18.2 Å². The average molecular weight is 228 g/mol. The van der Waals surface area contributed by atoms with Gasteiger partial charge in [-0.3, -0.25) is 9.59 Å². The van der Waals surface area contributed by atoms with Crippen molar-refractivity contribution in [3.05, 3.63) is 0 Å². The zero-order valence-electron chi connectivity index (χ0n) is 9.90. The lowest BCUT2D eigenvalue weighted by Gasteiger charge is -2.27. The third-order valence-electron chi connectivity index (χ3n) is 3.13. The van der Waals surface area contributed by atoms with Crippen LogP contribution in [-0.4, -0.2) is 41.5 Å². The highest BCUT2D eigenvalue weighted by Crippen LogP contribution is 2.25. The normalized spacial score (nSPS) is 21.2. The topological polar surface area (TPSA) is 83.6 Å². The minimum absolute atomic E-state index is 0.0305. The van der Waals surface area contributed by atoms with Crippen LogP contribution in [0.5, 0.6) is 0 Å². The molecule has 0 radical (unpaired) electrons. The van der Waals surface area contributed by atoms with Gasteiger partial charge in [-0.25, -0.2) is 0 Å². The van der Waals surface area contributed by atoms with Gasteiger partial charge in [-0.2, -0.15) is 0 Å². The molecule has 0 spiro atoms. The zero-order valence-corrected chi connectivity index (χ0v) is 9.90. The lowest BCUT2D eigenvalue weighted by molar-refractivity contribution is -0.140. The van der Waals surface area contributed by atoms with E-state index in [4.69, 9.17) is 10.8 Å². The van der Waals surface area contributed by atoms with E-state index in [1.807, 2.05) is 13.8 Å². The molecule has 1 fully saturated rings. The van der Waals surface area contributed by atoms with Gasteiger partial charge in [0.2, 0.25) is 5.91 Å². The second-order valence-corrected chi connectivity index (χ2v) is 5.09. The molecule has 16 heavy (non-hydrogen) atoms. The van der Waals surface area contributed by atoms with Crippen molar-refractivity contribution in [1.29, 1.82) is 0 Å². The maximum Gasteiger partial charge on any atom is 0.303 e. The molecule has 1 rings (SSSR count). The number of nitrogens with zero attached hydrogens (tertiary/aromatic N) is 1. The van der Waals surface area contributed by atoms with Crippen LogP contribution in [0.15, 0.2) is 0 Å². The summed E-state index contributed by atoms with van der Waals surface area (Å²) in [6.07, 6.45) is 0.922. The molecule has 1 unspecified atom stereocenters. The standard InChI is InChI=1S/C11H20N2O3/c1-11(2,7-12)10(16)13-4-3-8(6-13)5-9(14)15/h8H,3-7,12H2,1-2H3,(H,14,15). The Morgan fingerprint density at radius 2 is 2.12 bits per heavy atom. The molecule has 1 amide bonds. The maximum absolute atomic E-state index is 12.0. The van der Waals surface area contributed by atoms with Crippen molar-refractivity contribution in [3.63, 3.8) is 0 Å². The van der Waals surface area contributed by atoms with Crippen LogP contribution in [0.25, 0.3) is 0 Å². The summed E-state index contributed by atoms with van der Waals surface area (Å²) in [4.78, 5) is 24.3. The summed E-state index contributed by atoms with van der Waals surface area (Å²) >= 11 is 0. The smallest absolute Gasteiger partial charge is 0.303 e. The van der Waals surface area contributed by atoms with Gasteiger partial charge in [0.05, 0.1) is 5.41 Å². The van der Waals surface area contributed by atoms with Crippen molar-refractivity contribution in [1.82, 2.24) is 4.90 Å². The molecule has 0 aromatic heterocycles. The number of amides is 1. The summed E-state index contributed by atoms with van der Waals surface area (Å²) in [5, 5.41) is 8.68. The molecule has 1 aliphatic rings. The molecule has 3 N–H and O–H groups in total. The van der Waals surface area contributed by atoms with Crippen molar-refractivity contribution in [2.45, 2.75) is 26.7 Å². The first-order valence-electron chi connectivity index (χ1n) is 5.58. The molecule has 1 atom stereocenters. The number of carbonyl (C=O) groups is 2. The first-order chi connectivity index (χ1) is 7.36. The van der Waals surface area contributed by atoms with Crippen molar-refractivity contribution in [3.8, 4) is 0 Å². The summed E-state index contributed by atoms with van der Waals surface area (Å²) < 4.78 is 0. The predicted octanol–water partition coefficient (Wildman–Crippen LogP) is 0.295. The molecule has 5 heteroatoms. The van der Waals surface area contributed by atoms with Gasteiger partial charge >= 0.3 is 5.97 Å². The van der Waals surface area contributed by atoms with E-state index in [2.05, 4.69) is 0 Å². The molecule has 0 aromatic carbocycles. The van der Waals surface area contributed by atoms with Crippen LogP contribution in [-0.2, 0) is 9.59 Å². The fourth-order valence-electron chi connectivity index (χ4n) is 1.95. The van der Waals surface area contributed by atoms with Crippen LogP contribution in [0.4, 0.5) is 0 Å². The quantitative estimate of drug-likeness (QED) is 0.724. The van der Waals surface area contributed by atoms with Gasteiger partial charge in [-0.1, -0.05) is 0 Å². The molecule has 0 saturated carbocycles. The maximum atomic E-state index is 12.0. The summed E-state index contributed by atoms with van der Waals surface area (Å²) in [7, 11) is 0. The van der Waals surface area contributed by atoms with Gasteiger partial charge in [0.25, 0.3) is 0 Å². The number of aliphatic carboxylic acids is 1. The number of hydrogen-bond donors (Lipinski definition) is 2. The Morgan fingerprint density at radius 3 is 2.62 bits per heavy atom. The van der Waals surface area contributed by atoms with E-state index in [1.165, 1.54) is 0 Å². The van der Waals surface area contributed by atoms with E-state index in [9.17, 15) is 9.59 Å². The minimum Gasteiger partial charge on any atom is -0.481 e. The van der Waals surface area contributed by atoms with Crippen molar-refractivity contribution < 1.29 is 14.7 Å². The van der Waals surface area contributed by atoms with Crippen LogP contribution in [0.1, 0.15) is 26.7 Å². The number of carboxylic acids is 1. The second kappa shape index (κ2) is 4.82. The van der Waals surface area contributed by atoms with Gasteiger partial charge in [0.15, 0.2) is 0 Å². The fraction of sp³-hybridized carbons (Fsp3) is 0.818. The van der Waals surface area contributed by atoms with Crippen molar-refractivity contribution >= 4 is 11.9 Å². The van der Waals surface area contributed by atoms with Gasteiger partial charge in [0, 0.05) is 26.1 Å². The van der Waals surface area contributed by atoms with E-state index in [1.54, 1.807) is 4.90 Å². The highest BCUT2D eigenvalue weighted by atomic mass is 16.4. The first kappa shape index (κ1) is 13.0. The number of hydrogen-bond acceptors (Lipinski definition) is 3. The number of nitrogens with two attached hydrogens (primary N) is 1. The molecule has 1 heterocycles. The lowest BCUT2D eigenvalue weighted by Crippen LogP contribution is -2.43. The Bertz CT molecular complexity index is 289. The number of carboxylic acid groups (broad SMARTS) is 1. The molecule has 0 bridgehead atoms. The van der Waals surface area contributed by atoms with Crippen LogP contribution in [0.2, 0.25) is 0 Å². The summed E-state index contributed by atoms with van der Waals surface area (Å²) in [5.41, 5.74) is 5.01. The van der Waals surface area contributed by atoms with Gasteiger partial charge in [0.1, 0.15) is 0 Å². The Balaban J connectivity index is 2.53. The summed E-state index contributed by atoms with van der Waals surface area (Å²) in [6, 6.07) is 0. The average Bonchev–Trinajstić information content (AvgIpc) is 2.64. The second-order valence-electron chi connectivity index (χ2n) is 5.09. The Labute approximate surface area is 95.6 Å². The highest BCUT2D eigenvalue weighted by Gasteiger charge is 2.35. The summed E-state index contributed by atoms with van der Waals surface area (Å²) in [6.45, 7) is 5.15. The van der Waals surface area contributed by atoms with E-state index >= 15 is 0 Å². The number of carbonyl (C=O) groups excluding carboxylic acids is 1. The molecular formula is C11H20N2O3. The molecule has 92 valence electrons. The monoisotopic (exact) mass is 228 g/mol. The lowest BCUT2D eigenvalue weighted by atomic mass is 9.92. The third kappa shape index (κ3) is 2.95. The minimum atomic E-state index is -0.794. The van der Waals surface area contributed by atoms with Crippen molar-refractivity contribution in [2.24, 2.45) is 17.1 Å². The highest BCUT2D eigenvalue weighted by molar-refractivity contribution is 5.82. The Kier molecular flexibility index (Phi) is 3.91. The van der Waals surface area contributed by atoms with Crippen molar-refractivity contribution in [2.75, 3.05) is 19.6 Å². The molecule has 0 aliphatic carbocycles. The van der Waals surface area contributed by atoms with E-state index in [0.29, 0.717) is 19.6 Å². The van der Waals surface area contributed by atoms with Gasteiger partial charge in [-0.15, -0.1) is 0 Å². The first-order valence-corrected chi connectivity index (χ1v) is 5.58. The van der Waals surface area contributed by atoms with Gasteiger partial charge < -0.3 is 15.7 Å². The van der Waals surface area contributed by atoms with Crippen LogP contribution in [0.3, 0.4) is 0 Å². The summed E-state index contributed by atoms with van der Waals surface area (Å²) in [5.74, 6) is -0.671. The SMILES string of the molecule is CC(C)(CN)C(=O)N1CCC(CC(=O)O)C1. The van der Waals surface area contributed by atoms with Crippen LogP contribution < -0.4 is 5.73 Å². The van der Waals surface area contributed by atoms with Crippen LogP contribution >= 0.6 is 0 Å². The zero-order chi connectivity index (χ0) is 12.3. The molecular weight excluding hydrogens is 208 g/mol. The molecule has 0 aromatic rings. The largest absolute Gasteiger partial charge is 0.481 e. The number of rotatable bonds is 4. The van der Waals surface area contributed by atoms with E-state index < -0.39 is 11.4 Å².